The van der Waals surface area contributed by atoms with Gasteiger partial charge in [0.25, 0.3) is 5.91 Å². The number of carbonyl (C=O) groups is 1. The van der Waals surface area contributed by atoms with E-state index in [1.54, 1.807) is 18.5 Å². The molecule has 5 nitrogen and oxygen atoms in total. The van der Waals surface area contributed by atoms with Gasteiger partial charge in [0.1, 0.15) is 5.75 Å². The third kappa shape index (κ3) is 3.93. The molecule has 0 N–H and O–H groups in total. The van der Waals surface area contributed by atoms with E-state index in [1.165, 1.54) is 0 Å². The molecule has 0 saturated carbocycles. The molecule has 1 fully saturated rings. The predicted molar refractivity (Wildman–Crippen MR) is 78.0 cm³/mol. The Kier molecular flexibility index (Phi) is 4.95. The molecule has 0 atom stereocenters. The van der Waals surface area contributed by atoms with Crippen molar-refractivity contribution in [1.29, 1.82) is 0 Å². The van der Waals surface area contributed by atoms with E-state index in [0.717, 1.165) is 32.6 Å². The van der Waals surface area contributed by atoms with Gasteiger partial charge in [0, 0.05) is 25.8 Å². The molecule has 0 unspecified atom stereocenters. The first-order valence-electron chi connectivity index (χ1n) is 7.16. The molecular weight excluding hydrogens is 254 g/mol. The van der Waals surface area contributed by atoms with Crippen molar-refractivity contribution in [3.8, 4) is 5.75 Å². The van der Waals surface area contributed by atoms with Crippen molar-refractivity contribution < 1.29 is 9.53 Å². The van der Waals surface area contributed by atoms with Crippen LogP contribution in [0, 0.1) is 0 Å². The number of ether oxygens (including phenoxy) is 1. The largest absolute Gasteiger partial charge is 0.489 e. The molecule has 0 radical (unpaired) electrons. The summed E-state index contributed by atoms with van der Waals surface area (Å²) in [7, 11) is 2.09. The highest BCUT2D eigenvalue weighted by atomic mass is 16.5. The molecule has 0 aliphatic carbocycles. The number of nitrogens with zero attached hydrogens (tertiary/aromatic N) is 3. The van der Waals surface area contributed by atoms with Gasteiger partial charge in [0.05, 0.1) is 17.9 Å². The summed E-state index contributed by atoms with van der Waals surface area (Å²) in [6.07, 6.45) is 4.35. The molecule has 2 heterocycles. The van der Waals surface area contributed by atoms with E-state index in [4.69, 9.17) is 4.74 Å². The van der Waals surface area contributed by atoms with Crippen LogP contribution in [0.25, 0.3) is 0 Å². The summed E-state index contributed by atoms with van der Waals surface area (Å²) in [6, 6.07) is 1.78. The maximum absolute atomic E-state index is 12.5. The summed E-state index contributed by atoms with van der Waals surface area (Å²) in [5.74, 6) is 0.694. The van der Waals surface area contributed by atoms with E-state index in [-0.39, 0.29) is 12.0 Å². The highest BCUT2D eigenvalue weighted by molar-refractivity contribution is 5.94. The van der Waals surface area contributed by atoms with Gasteiger partial charge in [0.15, 0.2) is 0 Å². The lowest BCUT2D eigenvalue weighted by atomic mass is 10.2. The minimum absolute atomic E-state index is 0.0435. The van der Waals surface area contributed by atoms with E-state index in [2.05, 4.69) is 16.9 Å². The Morgan fingerprint density at radius 1 is 1.25 bits per heavy atom. The van der Waals surface area contributed by atoms with Gasteiger partial charge in [-0.3, -0.25) is 9.78 Å². The molecular formula is C15H23N3O2. The van der Waals surface area contributed by atoms with Crippen LogP contribution in [-0.4, -0.2) is 60.0 Å². The summed E-state index contributed by atoms with van der Waals surface area (Å²) in [5.41, 5.74) is 0.604. The lowest BCUT2D eigenvalue weighted by molar-refractivity contribution is 0.0761. The molecule has 1 aromatic heterocycles. The fraction of sp³-hybridized carbons (Fsp3) is 0.600. The molecule has 1 aliphatic heterocycles. The number of hydrogen-bond donors (Lipinski definition) is 0. The van der Waals surface area contributed by atoms with Gasteiger partial charge in [-0.1, -0.05) is 0 Å². The first kappa shape index (κ1) is 14.8. The van der Waals surface area contributed by atoms with Gasteiger partial charge in [0.2, 0.25) is 0 Å². The van der Waals surface area contributed by atoms with Crippen LogP contribution in [0.15, 0.2) is 18.5 Å². The number of hydrogen-bond acceptors (Lipinski definition) is 4. The zero-order valence-electron chi connectivity index (χ0n) is 12.5. The Morgan fingerprint density at radius 3 is 2.80 bits per heavy atom. The number of likely N-dealkylation sites (N-methyl/N-ethyl adjacent to an activating group) is 1. The second kappa shape index (κ2) is 6.70. The normalized spacial score (nSPS) is 17.1. The van der Waals surface area contributed by atoms with E-state index in [1.807, 2.05) is 18.7 Å². The molecule has 2 rings (SSSR count). The van der Waals surface area contributed by atoms with Crippen molar-refractivity contribution in [1.82, 2.24) is 14.8 Å². The summed E-state index contributed by atoms with van der Waals surface area (Å²) < 4.78 is 5.59. The van der Waals surface area contributed by atoms with Crippen molar-refractivity contribution in [2.24, 2.45) is 0 Å². The lowest BCUT2D eigenvalue weighted by Gasteiger charge is -2.20. The van der Waals surface area contributed by atoms with E-state index in [0.29, 0.717) is 11.3 Å². The van der Waals surface area contributed by atoms with Crippen LogP contribution < -0.4 is 4.74 Å². The van der Waals surface area contributed by atoms with Gasteiger partial charge in [-0.15, -0.1) is 0 Å². The van der Waals surface area contributed by atoms with Crippen molar-refractivity contribution >= 4 is 5.91 Å². The molecule has 5 heteroatoms. The molecule has 1 amide bonds. The Labute approximate surface area is 120 Å². The smallest absolute Gasteiger partial charge is 0.255 e. The maximum Gasteiger partial charge on any atom is 0.255 e. The van der Waals surface area contributed by atoms with Gasteiger partial charge in [-0.2, -0.15) is 0 Å². The molecule has 0 aromatic carbocycles. The minimum Gasteiger partial charge on any atom is -0.489 e. The van der Waals surface area contributed by atoms with Crippen LogP contribution in [0.5, 0.6) is 5.75 Å². The molecule has 0 spiro atoms. The molecule has 20 heavy (non-hydrogen) atoms. The van der Waals surface area contributed by atoms with E-state index < -0.39 is 0 Å². The van der Waals surface area contributed by atoms with Crippen LogP contribution in [0.2, 0.25) is 0 Å². The predicted octanol–water partition coefficient (Wildman–Crippen LogP) is 1.65. The van der Waals surface area contributed by atoms with E-state index in [9.17, 15) is 4.79 Å². The molecule has 110 valence electrons. The monoisotopic (exact) mass is 277 g/mol. The van der Waals surface area contributed by atoms with Crippen molar-refractivity contribution in [2.75, 3.05) is 33.2 Å². The third-order valence-corrected chi connectivity index (χ3v) is 3.34. The van der Waals surface area contributed by atoms with Crippen LogP contribution >= 0.6 is 0 Å². The number of amides is 1. The van der Waals surface area contributed by atoms with E-state index >= 15 is 0 Å². The zero-order valence-corrected chi connectivity index (χ0v) is 12.5. The van der Waals surface area contributed by atoms with Crippen molar-refractivity contribution in [2.45, 2.75) is 26.4 Å². The average molecular weight is 277 g/mol. The molecule has 1 aromatic rings. The summed E-state index contributed by atoms with van der Waals surface area (Å²) in [5, 5.41) is 0. The number of carbonyl (C=O) groups excluding carboxylic acids is 1. The Morgan fingerprint density at radius 2 is 2.05 bits per heavy atom. The standard InChI is InChI=1S/C15H23N3O2/c1-12(2)20-14-9-13(10-16-11-14)15(19)18-6-4-5-17(3)7-8-18/h9-12H,4-8H2,1-3H3. The van der Waals surface area contributed by atoms with Gasteiger partial charge in [-0.25, -0.2) is 0 Å². The maximum atomic E-state index is 12.5. The summed E-state index contributed by atoms with van der Waals surface area (Å²) in [4.78, 5) is 20.8. The first-order chi connectivity index (χ1) is 9.56. The summed E-state index contributed by atoms with van der Waals surface area (Å²) >= 11 is 0. The van der Waals surface area contributed by atoms with Gasteiger partial charge < -0.3 is 14.5 Å². The average Bonchev–Trinajstić information content (AvgIpc) is 2.62. The van der Waals surface area contributed by atoms with Gasteiger partial charge >= 0.3 is 0 Å². The molecule has 1 aliphatic rings. The Hall–Kier alpha value is -1.62. The number of aromatic nitrogens is 1. The first-order valence-corrected chi connectivity index (χ1v) is 7.16. The Bertz CT molecular complexity index is 462. The minimum atomic E-state index is 0.0435. The Balaban J connectivity index is 2.08. The lowest BCUT2D eigenvalue weighted by Crippen LogP contribution is -2.34. The van der Waals surface area contributed by atoms with Crippen LogP contribution in [0.3, 0.4) is 0 Å². The highest BCUT2D eigenvalue weighted by Gasteiger charge is 2.19. The van der Waals surface area contributed by atoms with Crippen LogP contribution in [0.1, 0.15) is 30.6 Å². The molecule has 0 bridgehead atoms. The zero-order chi connectivity index (χ0) is 14.5. The second-order valence-electron chi connectivity index (χ2n) is 5.52. The second-order valence-corrected chi connectivity index (χ2v) is 5.52. The van der Waals surface area contributed by atoms with Crippen molar-refractivity contribution in [3.05, 3.63) is 24.0 Å². The molecule has 1 saturated heterocycles. The number of rotatable bonds is 3. The van der Waals surface area contributed by atoms with Crippen LogP contribution in [-0.2, 0) is 0 Å². The highest BCUT2D eigenvalue weighted by Crippen LogP contribution is 2.15. The SMILES string of the molecule is CC(C)Oc1cncc(C(=O)N2CCCN(C)CC2)c1. The summed E-state index contributed by atoms with van der Waals surface area (Å²) in [6.45, 7) is 7.45. The van der Waals surface area contributed by atoms with Crippen LogP contribution in [0.4, 0.5) is 0 Å². The fourth-order valence-electron chi connectivity index (χ4n) is 2.30. The topological polar surface area (TPSA) is 45.7 Å². The van der Waals surface area contributed by atoms with Gasteiger partial charge in [-0.05, 0) is 39.9 Å². The quantitative estimate of drug-likeness (QED) is 0.842. The third-order valence-electron chi connectivity index (χ3n) is 3.34. The fourth-order valence-corrected chi connectivity index (χ4v) is 2.30. The number of pyridine rings is 1. The van der Waals surface area contributed by atoms with Crippen molar-refractivity contribution in [3.63, 3.8) is 0 Å².